The highest BCUT2D eigenvalue weighted by molar-refractivity contribution is 5.10. The van der Waals surface area contributed by atoms with E-state index in [-0.39, 0.29) is 12.7 Å². The van der Waals surface area contributed by atoms with Gasteiger partial charge in [0.1, 0.15) is 0 Å². The highest BCUT2D eigenvalue weighted by Gasteiger charge is 2.13. The average molecular weight is 156 g/mol. The minimum absolute atomic E-state index is 0.226. The first kappa shape index (κ1) is 8.75. The standard InChI is InChI=1S/C9H16O2/c10-7-3-5-8-4-1-2-6-9(8)11/h4,9-11H,1-3,5-7H2. The van der Waals surface area contributed by atoms with Crippen molar-refractivity contribution in [2.45, 2.75) is 38.2 Å². The average Bonchev–Trinajstić information content (AvgIpc) is 2.03. The SMILES string of the molecule is OCCCC1=CCCCC1O. The monoisotopic (exact) mass is 156 g/mol. The quantitative estimate of drug-likeness (QED) is 0.603. The van der Waals surface area contributed by atoms with E-state index in [1.54, 1.807) is 0 Å². The van der Waals surface area contributed by atoms with Crippen LogP contribution in [0.15, 0.2) is 11.6 Å². The van der Waals surface area contributed by atoms with E-state index in [2.05, 4.69) is 6.08 Å². The summed E-state index contributed by atoms with van der Waals surface area (Å²) in [5.74, 6) is 0. The van der Waals surface area contributed by atoms with Gasteiger partial charge in [0.2, 0.25) is 0 Å². The molecule has 0 aromatic rings. The van der Waals surface area contributed by atoms with Crippen LogP contribution in [-0.2, 0) is 0 Å². The van der Waals surface area contributed by atoms with Gasteiger partial charge in [0.15, 0.2) is 0 Å². The highest BCUT2D eigenvalue weighted by Crippen LogP contribution is 2.21. The molecule has 64 valence electrons. The van der Waals surface area contributed by atoms with E-state index in [0.717, 1.165) is 37.7 Å². The minimum Gasteiger partial charge on any atom is -0.396 e. The Kier molecular flexibility index (Phi) is 3.60. The van der Waals surface area contributed by atoms with Crippen LogP contribution in [0.25, 0.3) is 0 Å². The maximum absolute atomic E-state index is 9.45. The lowest BCUT2D eigenvalue weighted by atomic mass is 9.93. The number of hydrogen-bond acceptors (Lipinski definition) is 2. The lowest BCUT2D eigenvalue weighted by Gasteiger charge is -2.18. The molecule has 0 aliphatic heterocycles. The Hall–Kier alpha value is -0.340. The summed E-state index contributed by atoms with van der Waals surface area (Å²) in [5, 5.41) is 18.0. The van der Waals surface area contributed by atoms with Gasteiger partial charge in [-0.25, -0.2) is 0 Å². The van der Waals surface area contributed by atoms with E-state index in [1.807, 2.05) is 0 Å². The number of aliphatic hydroxyl groups is 2. The summed E-state index contributed by atoms with van der Waals surface area (Å²) in [6, 6.07) is 0. The Morgan fingerprint density at radius 3 is 3.00 bits per heavy atom. The molecule has 2 nitrogen and oxygen atoms in total. The van der Waals surface area contributed by atoms with E-state index in [4.69, 9.17) is 5.11 Å². The molecule has 0 saturated heterocycles. The van der Waals surface area contributed by atoms with Crippen LogP contribution < -0.4 is 0 Å². The van der Waals surface area contributed by atoms with Crippen LogP contribution in [0.4, 0.5) is 0 Å². The highest BCUT2D eigenvalue weighted by atomic mass is 16.3. The van der Waals surface area contributed by atoms with Crippen molar-refractivity contribution in [2.75, 3.05) is 6.61 Å². The van der Waals surface area contributed by atoms with Crippen LogP contribution in [0, 0.1) is 0 Å². The van der Waals surface area contributed by atoms with Crippen molar-refractivity contribution < 1.29 is 10.2 Å². The van der Waals surface area contributed by atoms with Gasteiger partial charge in [-0.15, -0.1) is 0 Å². The normalized spacial score (nSPS) is 24.9. The van der Waals surface area contributed by atoms with Crippen molar-refractivity contribution in [2.24, 2.45) is 0 Å². The van der Waals surface area contributed by atoms with Crippen LogP contribution >= 0.6 is 0 Å². The van der Waals surface area contributed by atoms with Crippen molar-refractivity contribution in [1.82, 2.24) is 0 Å². The van der Waals surface area contributed by atoms with Crippen LogP contribution in [0.3, 0.4) is 0 Å². The van der Waals surface area contributed by atoms with Crippen LogP contribution in [0.2, 0.25) is 0 Å². The fourth-order valence-corrected chi connectivity index (χ4v) is 1.47. The molecule has 11 heavy (non-hydrogen) atoms. The fourth-order valence-electron chi connectivity index (χ4n) is 1.47. The molecule has 1 atom stereocenters. The zero-order valence-electron chi connectivity index (χ0n) is 6.79. The molecule has 0 spiro atoms. The molecule has 2 N–H and O–H groups in total. The van der Waals surface area contributed by atoms with Crippen LogP contribution in [0.5, 0.6) is 0 Å². The number of hydrogen-bond donors (Lipinski definition) is 2. The van der Waals surface area contributed by atoms with Gasteiger partial charge in [0.25, 0.3) is 0 Å². The van der Waals surface area contributed by atoms with Crippen molar-refractivity contribution in [1.29, 1.82) is 0 Å². The van der Waals surface area contributed by atoms with Gasteiger partial charge in [-0.05, 0) is 37.7 Å². The first-order chi connectivity index (χ1) is 5.34. The van der Waals surface area contributed by atoms with E-state index in [1.165, 1.54) is 0 Å². The van der Waals surface area contributed by atoms with E-state index in [0.29, 0.717) is 0 Å². The third-order valence-corrected chi connectivity index (χ3v) is 2.14. The summed E-state index contributed by atoms with van der Waals surface area (Å²) in [6.07, 6.45) is 6.62. The topological polar surface area (TPSA) is 40.5 Å². The van der Waals surface area contributed by atoms with Crippen LogP contribution in [-0.4, -0.2) is 22.9 Å². The molecule has 1 aliphatic rings. The van der Waals surface area contributed by atoms with E-state index >= 15 is 0 Å². The lowest BCUT2D eigenvalue weighted by Crippen LogP contribution is -2.13. The van der Waals surface area contributed by atoms with Gasteiger partial charge in [-0.1, -0.05) is 6.08 Å². The van der Waals surface area contributed by atoms with Crippen molar-refractivity contribution in [3.8, 4) is 0 Å². The smallest absolute Gasteiger partial charge is 0.0750 e. The van der Waals surface area contributed by atoms with E-state index < -0.39 is 0 Å². The molecule has 0 amide bonds. The minimum atomic E-state index is -0.227. The number of rotatable bonds is 3. The maximum Gasteiger partial charge on any atom is 0.0750 e. The first-order valence-corrected chi connectivity index (χ1v) is 4.32. The van der Waals surface area contributed by atoms with Crippen LogP contribution in [0.1, 0.15) is 32.1 Å². The molecule has 1 unspecified atom stereocenters. The molecule has 2 heteroatoms. The predicted molar refractivity (Wildman–Crippen MR) is 44.3 cm³/mol. The van der Waals surface area contributed by atoms with Gasteiger partial charge < -0.3 is 10.2 Å². The van der Waals surface area contributed by atoms with Crippen molar-refractivity contribution >= 4 is 0 Å². The Bertz CT molecular complexity index is 140. The summed E-state index contributed by atoms with van der Waals surface area (Å²) in [6.45, 7) is 0.226. The van der Waals surface area contributed by atoms with Gasteiger partial charge in [-0.2, -0.15) is 0 Å². The fraction of sp³-hybridized carbons (Fsp3) is 0.778. The molecule has 0 radical (unpaired) electrons. The summed E-state index contributed by atoms with van der Waals surface area (Å²) < 4.78 is 0. The first-order valence-electron chi connectivity index (χ1n) is 4.32. The largest absolute Gasteiger partial charge is 0.396 e. The summed E-state index contributed by atoms with van der Waals surface area (Å²) in [4.78, 5) is 0. The maximum atomic E-state index is 9.45. The number of aliphatic hydroxyl groups excluding tert-OH is 2. The van der Waals surface area contributed by atoms with Gasteiger partial charge in [-0.3, -0.25) is 0 Å². The second kappa shape index (κ2) is 4.52. The van der Waals surface area contributed by atoms with Crippen molar-refractivity contribution in [3.63, 3.8) is 0 Å². The van der Waals surface area contributed by atoms with Gasteiger partial charge in [0.05, 0.1) is 6.10 Å². The van der Waals surface area contributed by atoms with Crippen molar-refractivity contribution in [3.05, 3.63) is 11.6 Å². The molecular formula is C9H16O2. The molecule has 0 heterocycles. The summed E-state index contributed by atoms with van der Waals surface area (Å²) in [7, 11) is 0. The zero-order chi connectivity index (χ0) is 8.10. The third-order valence-electron chi connectivity index (χ3n) is 2.14. The second-order valence-corrected chi connectivity index (χ2v) is 3.05. The Labute approximate surface area is 67.6 Å². The van der Waals surface area contributed by atoms with Gasteiger partial charge in [0, 0.05) is 6.61 Å². The molecular weight excluding hydrogens is 140 g/mol. The lowest BCUT2D eigenvalue weighted by molar-refractivity contribution is 0.184. The molecule has 0 saturated carbocycles. The summed E-state index contributed by atoms with van der Waals surface area (Å²) >= 11 is 0. The second-order valence-electron chi connectivity index (χ2n) is 3.05. The predicted octanol–water partition coefficient (Wildman–Crippen LogP) is 1.23. The molecule has 0 aromatic heterocycles. The Balaban J connectivity index is 2.34. The molecule has 0 fully saturated rings. The molecule has 0 aromatic carbocycles. The molecule has 0 bridgehead atoms. The zero-order valence-corrected chi connectivity index (χ0v) is 6.79. The Morgan fingerprint density at radius 2 is 2.36 bits per heavy atom. The van der Waals surface area contributed by atoms with E-state index in [9.17, 15) is 5.11 Å². The third kappa shape index (κ3) is 2.64. The summed E-state index contributed by atoms with van der Waals surface area (Å²) in [5.41, 5.74) is 1.13. The Morgan fingerprint density at radius 1 is 1.55 bits per heavy atom. The molecule has 1 rings (SSSR count). The van der Waals surface area contributed by atoms with Gasteiger partial charge >= 0.3 is 0 Å². The molecule has 1 aliphatic carbocycles. The number of allylic oxidation sites excluding steroid dienone is 1.